The predicted octanol–water partition coefficient (Wildman–Crippen LogP) is -8.91. The maximum atomic E-state index is 8.88. The summed E-state index contributed by atoms with van der Waals surface area (Å²) in [7, 11) is -12.4. The van der Waals surface area contributed by atoms with E-state index in [-0.39, 0.29) is 74.3 Å². The molecule has 0 aromatic rings. The van der Waals surface area contributed by atoms with Crippen LogP contribution in [0.25, 0.3) is 0 Å². The average molecular weight is 356 g/mol. The molecule has 18 heteroatoms. The first-order valence-corrected chi connectivity index (χ1v) is 6.65. The molecule has 0 aliphatic rings. The maximum Gasteiger partial charge on any atom is 1.00 e. The van der Waals surface area contributed by atoms with Crippen molar-refractivity contribution in [3.05, 3.63) is 0 Å². The third-order valence-corrected chi connectivity index (χ3v) is 0. The van der Waals surface area contributed by atoms with Crippen LogP contribution in [0.5, 0.6) is 0 Å². The van der Waals surface area contributed by atoms with Gasteiger partial charge in [0.05, 0.1) is 0 Å². The molecule has 0 fully saturated rings. The van der Waals surface area contributed by atoms with Gasteiger partial charge in [0.1, 0.15) is 0 Å². The molecular weight excluding hydrogens is 340 g/mol. The second kappa shape index (κ2) is 21.1. The van der Waals surface area contributed by atoms with E-state index in [0.717, 1.165) is 0 Å². The molecule has 13 nitrogen and oxygen atoms in total. The molecular formula is H16N2Na2O11P2Si. The van der Waals surface area contributed by atoms with E-state index >= 15 is 0 Å². The monoisotopic (exact) mass is 356 g/mol. The van der Waals surface area contributed by atoms with Gasteiger partial charge in [-0.15, -0.1) is 0 Å². The summed E-state index contributed by atoms with van der Waals surface area (Å²) in [4.78, 5) is 57.4. The van der Waals surface area contributed by atoms with E-state index in [4.69, 9.17) is 52.5 Å². The van der Waals surface area contributed by atoms with E-state index < -0.39 is 24.8 Å². The van der Waals surface area contributed by atoms with Gasteiger partial charge in [-0.3, -0.25) is 4.46 Å². The van der Waals surface area contributed by atoms with E-state index in [1.807, 2.05) is 0 Å². The Morgan fingerprint density at radius 2 is 0.722 bits per heavy atom. The van der Waals surface area contributed by atoms with Crippen molar-refractivity contribution in [2.24, 2.45) is 0 Å². The molecule has 0 atom stereocenters. The van der Waals surface area contributed by atoms with Crippen molar-refractivity contribution < 1.29 is 115 Å². The normalized spacial score (nSPS) is 7.89. The minimum absolute atomic E-state index is 0. The van der Waals surface area contributed by atoms with Crippen LogP contribution in [0.2, 0.25) is 0 Å². The molecule has 0 bridgehead atoms. The summed E-state index contributed by atoms with van der Waals surface area (Å²) in [5.74, 6) is 0. The molecule has 0 rings (SSSR count). The Balaban J connectivity index is -0.0000000113. The van der Waals surface area contributed by atoms with Crippen molar-refractivity contribution in [3.63, 3.8) is 0 Å². The molecule has 14 N–H and O–H groups in total. The SMILES string of the molecule is N.N.O=P(O)(O)O.O=P(O)(O)O.O=[Si](O)O.[H-].[H-].[Na+].[Na+]. The average Bonchev–Trinajstić information content (AvgIpc) is 1.45. The van der Waals surface area contributed by atoms with Gasteiger partial charge >= 0.3 is 83.9 Å². The number of hydrogen-bond acceptors (Lipinski definition) is 5. The molecule has 0 aliphatic heterocycles. The Hall–Kier alpha value is 1.76. The van der Waals surface area contributed by atoms with Gasteiger partial charge in [0, 0.05) is 0 Å². The number of hydrogen-bond donors (Lipinski definition) is 10. The molecule has 0 aliphatic carbocycles. The molecule has 0 amide bonds. The van der Waals surface area contributed by atoms with Gasteiger partial charge in [-0.1, -0.05) is 0 Å². The van der Waals surface area contributed by atoms with Crippen LogP contribution in [0, 0.1) is 0 Å². The molecule has 0 aromatic carbocycles. The van der Waals surface area contributed by atoms with E-state index in [9.17, 15) is 0 Å². The Labute approximate surface area is 150 Å². The summed E-state index contributed by atoms with van der Waals surface area (Å²) in [6, 6.07) is 0. The van der Waals surface area contributed by atoms with Crippen molar-refractivity contribution in [2.75, 3.05) is 0 Å². The predicted molar refractivity (Wildman–Crippen MR) is 51.7 cm³/mol. The Morgan fingerprint density at radius 3 is 0.722 bits per heavy atom. The quantitative estimate of drug-likeness (QED) is 0.143. The summed E-state index contributed by atoms with van der Waals surface area (Å²) < 4.78 is 26.5. The second-order valence-corrected chi connectivity index (χ2v) is 3.93. The van der Waals surface area contributed by atoms with Gasteiger partial charge in [-0.05, 0) is 0 Å². The zero-order valence-electron chi connectivity index (χ0n) is 11.6. The number of rotatable bonds is 0. The summed E-state index contributed by atoms with van der Waals surface area (Å²) in [5, 5.41) is 0. The standard InChI is InChI=1S/2H3N.2Na.2H3O4P.H2O3Si.2H/c;;;;2*1-5(2,3)4;1-4(2)3;;/h2*1H3;;;2*(H3,1,2,3,4);1-2H;;/q;;2*+1;;;;2*-1. The Bertz CT molecular complexity index is 216. The largest absolute Gasteiger partial charge is 1.00 e. The molecule has 0 heterocycles. The fourth-order valence-corrected chi connectivity index (χ4v) is 0. The third kappa shape index (κ3) is 1620. The van der Waals surface area contributed by atoms with Gasteiger partial charge in [0.2, 0.25) is 0 Å². The first kappa shape index (κ1) is 42.7. The number of phosphoric acid groups is 2. The fraction of sp³-hybridized carbons (Fsp3) is 0. The molecule has 108 valence electrons. The maximum absolute atomic E-state index is 8.88. The van der Waals surface area contributed by atoms with Crippen LogP contribution in [0.15, 0.2) is 0 Å². The molecule has 0 unspecified atom stereocenters. The van der Waals surface area contributed by atoms with Crippen molar-refractivity contribution in [1.82, 2.24) is 12.3 Å². The van der Waals surface area contributed by atoms with Gasteiger partial charge in [0.15, 0.2) is 0 Å². The van der Waals surface area contributed by atoms with Crippen molar-refractivity contribution in [2.45, 2.75) is 0 Å². The minimum atomic E-state index is -4.64. The summed E-state index contributed by atoms with van der Waals surface area (Å²) in [6.45, 7) is 0. The summed E-state index contributed by atoms with van der Waals surface area (Å²) >= 11 is 0. The zero-order valence-corrected chi connectivity index (χ0v) is 16.4. The summed E-state index contributed by atoms with van der Waals surface area (Å²) in [6.07, 6.45) is 0. The van der Waals surface area contributed by atoms with E-state index in [0.29, 0.717) is 0 Å². The first-order valence-electron chi connectivity index (χ1n) is 2.22. The van der Waals surface area contributed by atoms with Crippen LogP contribution < -0.4 is 71.4 Å². The topological polar surface area (TPSA) is 283 Å². The van der Waals surface area contributed by atoms with Gasteiger partial charge in [-0.2, -0.15) is 0 Å². The van der Waals surface area contributed by atoms with Crippen LogP contribution in [-0.4, -0.2) is 48.1 Å². The molecule has 18 heavy (non-hydrogen) atoms. The zero-order chi connectivity index (χ0) is 12.6. The van der Waals surface area contributed by atoms with Crippen LogP contribution in [0.3, 0.4) is 0 Å². The Kier molecular flexibility index (Phi) is 50.0. The van der Waals surface area contributed by atoms with Crippen LogP contribution in [0.4, 0.5) is 0 Å². The molecule has 0 spiro atoms. The fourth-order valence-electron chi connectivity index (χ4n) is 0. The van der Waals surface area contributed by atoms with Crippen LogP contribution >= 0.6 is 15.6 Å². The van der Waals surface area contributed by atoms with Crippen molar-refractivity contribution >= 4 is 24.8 Å². The van der Waals surface area contributed by atoms with Gasteiger partial charge in [-0.25, -0.2) is 9.13 Å². The molecule has 0 saturated carbocycles. The van der Waals surface area contributed by atoms with E-state index in [2.05, 4.69) is 0 Å². The van der Waals surface area contributed by atoms with Gasteiger partial charge in [0.25, 0.3) is 0 Å². The van der Waals surface area contributed by atoms with Gasteiger partial charge < -0.3 is 54.1 Å². The summed E-state index contributed by atoms with van der Waals surface area (Å²) in [5.41, 5.74) is 0. The van der Waals surface area contributed by atoms with E-state index in [1.165, 1.54) is 0 Å². The smallest absolute Gasteiger partial charge is 1.00 e. The molecule has 0 saturated heterocycles. The van der Waals surface area contributed by atoms with E-state index in [1.54, 1.807) is 0 Å². The van der Waals surface area contributed by atoms with Crippen molar-refractivity contribution in [1.29, 1.82) is 0 Å². The van der Waals surface area contributed by atoms with Crippen LogP contribution in [-0.2, 0) is 13.6 Å². The Morgan fingerprint density at radius 1 is 0.722 bits per heavy atom. The molecule has 0 aromatic heterocycles. The van der Waals surface area contributed by atoms with Crippen molar-refractivity contribution in [3.8, 4) is 0 Å². The second-order valence-electron chi connectivity index (χ2n) is 1.31. The minimum Gasteiger partial charge on any atom is -1.00 e. The first-order chi connectivity index (χ1) is 5.73. The third-order valence-electron chi connectivity index (χ3n) is 0. The van der Waals surface area contributed by atoms with Crippen LogP contribution in [0.1, 0.15) is 2.85 Å². The molecule has 0 radical (unpaired) electrons.